The third-order valence-corrected chi connectivity index (χ3v) is 1.30. The first kappa shape index (κ1) is 7.96. The van der Waals surface area contributed by atoms with Gasteiger partial charge in [0.2, 0.25) is 0 Å². The van der Waals surface area contributed by atoms with Crippen LogP contribution in [0.3, 0.4) is 0 Å². The Hall–Kier alpha value is -1.14. The summed E-state index contributed by atoms with van der Waals surface area (Å²) in [5.41, 5.74) is 0. The van der Waals surface area contributed by atoms with Gasteiger partial charge in [0.25, 0.3) is 5.91 Å². The summed E-state index contributed by atoms with van der Waals surface area (Å²) in [4.78, 5) is 30.8. The number of hydroxylamine groups is 4. The number of rotatable bonds is 2. The van der Waals surface area contributed by atoms with Crippen LogP contribution < -0.4 is 0 Å². The topological polar surface area (TPSA) is 59.1 Å². The van der Waals surface area contributed by atoms with Crippen LogP contribution in [0.2, 0.25) is 0 Å². The van der Waals surface area contributed by atoms with Gasteiger partial charge in [0.1, 0.15) is 6.54 Å². The van der Waals surface area contributed by atoms with Crippen molar-refractivity contribution < 1.29 is 19.3 Å². The Morgan fingerprint density at radius 3 is 2.18 bits per heavy atom. The summed E-state index contributed by atoms with van der Waals surface area (Å²) in [7, 11) is 2.55. The average Bonchev–Trinajstić information content (AvgIpc) is 2.26. The molecule has 62 valence electrons. The van der Waals surface area contributed by atoms with Crippen LogP contribution >= 0.6 is 0 Å². The van der Waals surface area contributed by atoms with Crippen LogP contribution in [-0.4, -0.2) is 42.8 Å². The molecule has 3 amide bonds. The highest BCUT2D eigenvalue weighted by atomic mass is 16.7. The molecule has 1 rings (SSSR count). The molecule has 0 spiro atoms. The minimum absolute atomic E-state index is 0.0941. The minimum atomic E-state index is -0.597. The van der Waals surface area contributed by atoms with Crippen LogP contribution in [0.4, 0.5) is 4.79 Å². The fraction of sp³-hybridized carbons (Fsp3) is 0.600. The number of urea groups is 1. The molecule has 1 fully saturated rings. The summed E-state index contributed by atoms with van der Waals surface area (Å²) in [6.45, 7) is -0.0941. The van der Waals surface area contributed by atoms with Crippen LogP contribution in [0, 0.1) is 0 Å². The van der Waals surface area contributed by atoms with E-state index in [0.29, 0.717) is 5.06 Å². The summed E-state index contributed by atoms with van der Waals surface area (Å²) in [6.07, 6.45) is 0. The Labute approximate surface area is 63.2 Å². The van der Waals surface area contributed by atoms with Crippen LogP contribution in [0.1, 0.15) is 0 Å². The van der Waals surface area contributed by atoms with Crippen molar-refractivity contribution in [3.05, 3.63) is 0 Å². The molecule has 1 heterocycles. The van der Waals surface area contributed by atoms with Gasteiger partial charge in [-0.25, -0.2) is 4.79 Å². The maximum atomic E-state index is 11.0. The number of nitrogens with zero attached hydrogens (tertiary/aromatic N) is 2. The van der Waals surface area contributed by atoms with Gasteiger partial charge in [0, 0.05) is 0 Å². The van der Waals surface area contributed by atoms with E-state index in [9.17, 15) is 9.59 Å². The van der Waals surface area contributed by atoms with Crippen LogP contribution in [-0.2, 0) is 14.5 Å². The Balaban J connectivity index is 2.71. The first-order chi connectivity index (χ1) is 5.20. The van der Waals surface area contributed by atoms with Crippen molar-refractivity contribution >= 4 is 11.9 Å². The monoisotopic (exact) mass is 160 g/mol. The van der Waals surface area contributed by atoms with Crippen LogP contribution in [0.15, 0.2) is 0 Å². The Bertz CT molecular complexity index is 193. The molecule has 1 saturated heterocycles. The molecular weight excluding hydrogens is 152 g/mol. The second kappa shape index (κ2) is 2.85. The molecule has 0 radical (unpaired) electrons. The molecule has 0 aromatic heterocycles. The standard InChI is InChI=1S/C5H8N2O4/c1-10-6-3-4(8)7(11-2)5(6)9/h3H2,1-2H3. The highest BCUT2D eigenvalue weighted by molar-refractivity contribution is 6.00. The van der Waals surface area contributed by atoms with Crippen molar-refractivity contribution in [2.45, 2.75) is 0 Å². The quantitative estimate of drug-likeness (QED) is 0.505. The second-order valence-corrected chi connectivity index (χ2v) is 1.87. The van der Waals surface area contributed by atoms with E-state index < -0.39 is 11.9 Å². The van der Waals surface area contributed by atoms with Crippen molar-refractivity contribution in [2.75, 3.05) is 20.8 Å². The fourth-order valence-electron chi connectivity index (χ4n) is 0.785. The lowest BCUT2D eigenvalue weighted by Gasteiger charge is -2.11. The van der Waals surface area contributed by atoms with Gasteiger partial charge in [-0.3, -0.25) is 14.5 Å². The molecule has 1 aliphatic heterocycles. The minimum Gasteiger partial charge on any atom is -0.272 e. The first-order valence-corrected chi connectivity index (χ1v) is 2.93. The first-order valence-electron chi connectivity index (χ1n) is 2.93. The molecule has 6 heteroatoms. The molecule has 0 N–H and O–H groups in total. The van der Waals surface area contributed by atoms with Crippen LogP contribution in [0.25, 0.3) is 0 Å². The van der Waals surface area contributed by atoms with E-state index in [1.807, 2.05) is 0 Å². The Kier molecular flexibility index (Phi) is 2.06. The van der Waals surface area contributed by atoms with E-state index in [0.717, 1.165) is 5.06 Å². The number of hydrogen-bond donors (Lipinski definition) is 0. The largest absolute Gasteiger partial charge is 0.375 e. The van der Waals surface area contributed by atoms with Crippen molar-refractivity contribution in [3.63, 3.8) is 0 Å². The third kappa shape index (κ3) is 1.17. The Morgan fingerprint density at radius 2 is 1.91 bits per heavy atom. The maximum Gasteiger partial charge on any atom is 0.375 e. The normalized spacial score (nSPS) is 18.4. The van der Waals surface area contributed by atoms with E-state index in [-0.39, 0.29) is 6.54 Å². The zero-order valence-electron chi connectivity index (χ0n) is 6.23. The number of amides is 3. The van der Waals surface area contributed by atoms with E-state index in [1.165, 1.54) is 14.2 Å². The van der Waals surface area contributed by atoms with Gasteiger partial charge in [-0.1, -0.05) is 0 Å². The predicted octanol–water partition coefficient (Wildman–Crippen LogP) is -0.627. The third-order valence-electron chi connectivity index (χ3n) is 1.30. The summed E-state index contributed by atoms with van der Waals surface area (Å²) < 4.78 is 0. The van der Waals surface area contributed by atoms with Gasteiger partial charge < -0.3 is 0 Å². The molecule has 0 atom stereocenters. The molecule has 0 bridgehead atoms. The average molecular weight is 160 g/mol. The van der Waals surface area contributed by atoms with Gasteiger partial charge in [-0.15, -0.1) is 5.06 Å². The van der Waals surface area contributed by atoms with Crippen molar-refractivity contribution in [2.24, 2.45) is 0 Å². The lowest BCUT2D eigenvalue weighted by molar-refractivity contribution is -0.153. The van der Waals surface area contributed by atoms with Crippen molar-refractivity contribution in [3.8, 4) is 0 Å². The fourth-order valence-corrected chi connectivity index (χ4v) is 0.785. The molecule has 11 heavy (non-hydrogen) atoms. The maximum absolute atomic E-state index is 11.0. The van der Waals surface area contributed by atoms with Gasteiger partial charge in [-0.05, 0) is 0 Å². The Morgan fingerprint density at radius 1 is 1.27 bits per heavy atom. The van der Waals surface area contributed by atoms with E-state index in [1.54, 1.807) is 0 Å². The van der Waals surface area contributed by atoms with Crippen molar-refractivity contribution in [1.82, 2.24) is 10.1 Å². The summed E-state index contributed by atoms with van der Waals surface area (Å²) in [5.74, 6) is -0.431. The van der Waals surface area contributed by atoms with Gasteiger partial charge >= 0.3 is 6.03 Å². The smallest absolute Gasteiger partial charge is 0.272 e. The summed E-state index contributed by atoms with van der Waals surface area (Å²) >= 11 is 0. The van der Waals surface area contributed by atoms with Gasteiger partial charge in [-0.2, -0.15) is 5.06 Å². The van der Waals surface area contributed by atoms with E-state index >= 15 is 0 Å². The summed E-state index contributed by atoms with van der Waals surface area (Å²) in [5, 5.41) is 1.55. The molecule has 0 aromatic rings. The second-order valence-electron chi connectivity index (χ2n) is 1.87. The predicted molar refractivity (Wildman–Crippen MR) is 33.0 cm³/mol. The molecule has 0 aliphatic carbocycles. The summed E-state index contributed by atoms with van der Waals surface area (Å²) in [6, 6.07) is -0.597. The highest BCUT2D eigenvalue weighted by Gasteiger charge is 2.37. The molecule has 0 saturated carbocycles. The molecule has 1 aliphatic rings. The number of carbonyl (C=O) groups excluding carboxylic acids is 2. The lowest BCUT2D eigenvalue weighted by Crippen LogP contribution is -2.31. The van der Waals surface area contributed by atoms with Gasteiger partial charge in [0.15, 0.2) is 0 Å². The van der Waals surface area contributed by atoms with Gasteiger partial charge in [0.05, 0.1) is 14.2 Å². The highest BCUT2D eigenvalue weighted by Crippen LogP contribution is 2.08. The number of carbonyl (C=O) groups is 2. The van der Waals surface area contributed by atoms with Crippen molar-refractivity contribution in [1.29, 1.82) is 0 Å². The number of hydrogen-bond acceptors (Lipinski definition) is 4. The van der Waals surface area contributed by atoms with E-state index in [4.69, 9.17) is 0 Å². The zero-order chi connectivity index (χ0) is 8.43. The SMILES string of the molecule is CON1CC(=O)N(OC)C1=O. The molecule has 0 aromatic carbocycles. The molecular formula is C5H8N2O4. The van der Waals surface area contributed by atoms with Crippen LogP contribution in [0.5, 0.6) is 0 Å². The van der Waals surface area contributed by atoms with E-state index in [2.05, 4.69) is 9.68 Å². The lowest BCUT2D eigenvalue weighted by atomic mass is 10.6. The molecule has 0 unspecified atom stereocenters. The zero-order valence-corrected chi connectivity index (χ0v) is 6.23. The number of imide groups is 1. The molecule has 6 nitrogen and oxygen atoms in total.